The molecule has 11 heteroatoms. The molecule has 0 bridgehead atoms. The van der Waals surface area contributed by atoms with Gasteiger partial charge in [0.15, 0.2) is 12.4 Å². The van der Waals surface area contributed by atoms with Crippen molar-refractivity contribution in [2.24, 2.45) is 0 Å². The maximum Gasteiger partial charge on any atom is 0.306 e. The zero-order valence-electron chi connectivity index (χ0n) is 60.2. The molecule has 538 valence electrons. The molecule has 1 rings (SSSR count). The van der Waals surface area contributed by atoms with Crippen LogP contribution in [-0.4, -0.2) is 99.6 Å². The van der Waals surface area contributed by atoms with Crippen molar-refractivity contribution in [3.63, 3.8) is 0 Å². The van der Waals surface area contributed by atoms with Crippen LogP contribution in [0.5, 0.6) is 0 Å². The number of aliphatic hydroxyl groups excluding tert-OH is 5. The van der Waals surface area contributed by atoms with Crippen LogP contribution in [0.2, 0.25) is 0 Å². The Kier molecular flexibility index (Phi) is 64.9. The number of amides is 1. The summed E-state index contributed by atoms with van der Waals surface area (Å²) in [6.45, 7) is 5.82. The van der Waals surface area contributed by atoms with E-state index >= 15 is 0 Å². The molecule has 0 aliphatic carbocycles. The zero-order chi connectivity index (χ0) is 66.7. The summed E-state index contributed by atoms with van der Waals surface area (Å²) in [6.07, 6.45) is 78.5. The lowest BCUT2D eigenvalue weighted by atomic mass is 9.99. The molecular weight excluding hydrogens is 1150 g/mol. The van der Waals surface area contributed by atoms with Crippen LogP contribution in [-0.2, 0) is 23.8 Å². The molecule has 0 saturated carbocycles. The molecule has 6 N–H and O–H groups in total. The first-order valence-corrected chi connectivity index (χ1v) is 39.6. The lowest BCUT2D eigenvalue weighted by Crippen LogP contribution is -2.61. The highest BCUT2D eigenvalue weighted by molar-refractivity contribution is 5.80. The minimum absolute atomic E-state index is 0.126. The zero-order valence-corrected chi connectivity index (χ0v) is 60.2. The number of rotatable bonds is 69. The number of aliphatic hydroxyl groups is 5. The standard InChI is InChI=1S/C81H149NO10/c1-4-7-10-13-16-19-22-25-27-29-31-33-35-37-38-39-41-43-45-47-49-51-54-57-60-63-66-69-76(86)92-79-78(88)77(87)75(70-83)91-81(79)90-71-72(73(84)67-64-61-58-55-52-24-21-18-15-12-9-6-3)82-80(89)74(85)68-65-62-59-56-53-50-48-46-44-42-40-36-34-32-30-28-26-23-20-17-14-11-8-5-2/h17,20,25-28,32,34,64,67,72-75,77-79,81,83-85,87-88H,4-16,18-19,21-24,29-31,33,35-63,65-66,68-71H2,1-3H3,(H,82,89)/b20-17-,27-25+,28-26-,34-32-,67-64+. The second kappa shape index (κ2) is 68.3. The smallest absolute Gasteiger partial charge is 0.306 e. The monoisotopic (exact) mass is 1300 g/mol. The predicted octanol–water partition coefficient (Wildman–Crippen LogP) is 21.2. The second-order valence-electron chi connectivity index (χ2n) is 27.4. The molecular formula is C81H149NO10. The van der Waals surface area contributed by atoms with Gasteiger partial charge in [-0.25, -0.2) is 0 Å². The van der Waals surface area contributed by atoms with Gasteiger partial charge in [0.05, 0.1) is 25.4 Å². The number of nitrogens with one attached hydrogen (secondary N) is 1. The molecule has 8 unspecified atom stereocenters. The van der Waals surface area contributed by atoms with Crippen LogP contribution in [0.3, 0.4) is 0 Å². The summed E-state index contributed by atoms with van der Waals surface area (Å²) >= 11 is 0. The van der Waals surface area contributed by atoms with E-state index in [2.05, 4.69) is 74.7 Å². The Bertz CT molecular complexity index is 1730. The molecule has 1 heterocycles. The van der Waals surface area contributed by atoms with Crippen molar-refractivity contribution in [2.75, 3.05) is 13.2 Å². The minimum Gasteiger partial charge on any atom is -0.454 e. The van der Waals surface area contributed by atoms with Crippen molar-refractivity contribution in [2.45, 2.75) is 429 Å². The number of hydrogen-bond acceptors (Lipinski definition) is 10. The molecule has 11 nitrogen and oxygen atoms in total. The normalized spacial score (nSPS) is 18.2. The minimum atomic E-state index is -1.61. The quantitative estimate of drug-likeness (QED) is 0.0195. The number of carbonyl (C=O) groups excluding carboxylic acids is 2. The summed E-state index contributed by atoms with van der Waals surface area (Å²) in [4.78, 5) is 26.8. The van der Waals surface area contributed by atoms with E-state index in [0.29, 0.717) is 12.8 Å². The van der Waals surface area contributed by atoms with E-state index in [1.165, 1.54) is 257 Å². The van der Waals surface area contributed by atoms with Gasteiger partial charge in [0.25, 0.3) is 0 Å². The van der Waals surface area contributed by atoms with Crippen molar-refractivity contribution in [1.82, 2.24) is 5.32 Å². The van der Waals surface area contributed by atoms with Gasteiger partial charge in [-0.2, -0.15) is 0 Å². The highest BCUT2D eigenvalue weighted by Crippen LogP contribution is 2.27. The van der Waals surface area contributed by atoms with E-state index in [9.17, 15) is 35.1 Å². The Labute approximate surface area is 567 Å². The highest BCUT2D eigenvalue weighted by atomic mass is 16.7. The first-order valence-electron chi connectivity index (χ1n) is 39.6. The molecule has 1 amide bonds. The van der Waals surface area contributed by atoms with E-state index < -0.39 is 67.4 Å². The fourth-order valence-corrected chi connectivity index (χ4v) is 12.4. The Morgan fingerprint density at radius 3 is 1.15 bits per heavy atom. The van der Waals surface area contributed by atoms with Crippen molar-refractivity contribution in [3.8, 4) is 0 Å². The van der Waals surface area contributed by atoms with Crippen molar-refractivity contribution >= 4 is 11.9 Å². The number of hydrogen-bond donors (Lipinski definition) is 6. The predicted molar refractivity (Wildman–Crippen MR) is 389 cm³/mol. The number of allylic oxidation sites excluding steroid dienone is 9. The van der Waals surface area contributed by atoms with Crippen LogP contribution in [0.25, 0.3) is 0 Å². The summed E-state index contributed by atoms with van der Waals surface area (Å²) in [5.41, 5.74) is 0. The van der Waals surface area contributed by atoms with Crippen molar-refractivity contribution < 1.29 is 49.3 Å². The Balaban J connectivity index is 2.49. The highest BCUT2D eigenvalue weighted by Gasteiger charge is 2.47. The molecule has 8 atom stereocenters. The molecule has 1 aliphatic heterocycles. The van der Waals surface area contributed by atoms with Gasteiger partial charge in [0, 0.05) is 6.42 Å². The maximum atomic E-state index is 13.5. The first kappa shape index (κ1) is 87.4. The second-order valence-corrected chi connectivity index (χ2v) is 27.4. The molecule has 92 heavy (non-hydrogen) atoms. The Hall–Kier alpha value is -2.64. The summed E-state index contributed by atoms with van der Waals surface area (Å²) in [6, 6.07) is -1.03. The number of esters is 1. The molecule has 0 aromatic carbocycles. The molecule has 1 saturated heterocycles. The van der Waals surface area contributed by atoms with Gasteiger partial charge in [-0.1, -0.05) is 345 Å². The summed E-state index contributed by atoms with van der Waals surface area (Å²) < 4.78 is 17.8. The van der Waals surface area contributed by atoms with Crippen LogP contribution >= 0.6 is 0 Å². The summed E-state index contributed by atoms with van der Waals surface area (Å²) in [5, 5.41) is 57.4. The topological polar surface area (TPSA) is 175 Å². The van der Waals surface area contributed by atoms with Gasteiger partial charge in [-0.15, -0.1) is 0 Å². The van der Waals surface area contributed by atoms with E-state index in [0.717, 1.165) is 77.0 Å². The number of unbranched alkanes of at least 4 members (excludes halogenated alkanes) is 47. The number of ether oxygens (including phenoxy) is 3. The van der Waals surface area contributed by atoms with Crippen LogP contribution in [0.4, 0.5) is 0 Å². The molecule has 0 radical (unpaired) electrons. The fraction of sp³-hybridized carbons (Fsp3) is 0.852. The van der Waals surface area contributed by atoms with Crippen LogP contribution < -0.4 is 5.32 Å². The van der Waals surface area contributed by atoms with Crippen LogP contribution in [0.1, 0.15) is 380 Å². The van der Waals surface area contributed by atoms with Crippen LogP contribution in [0.15, 0.2) is 60.8 Å². The van der Waals surface area contributed by atoms with Gasteiger partial charge in [0.1, 0.15) is 24.4 Å². The van der Waals surface area contributed by atoms with E-state index in [1.807, 2.05) is 6.08 Å². The van der Waals surface area contributed by atoms with Crippen LogP contribution in [0, 0.1) is 0 Å². The average Bonchev–Trinajstić information content (AvgIpc) is 0.928. The third-order valence-electron chi connectivity index (χ3n) is 18.6. The fourth-order valence-electron chi connectivity index (χ4n) is 12.4. The molecule has 1 aliphatic rings. The molecule has 0 aromatic heterocycles. The first-order chi connectivity index (χ1) is 45.2. The van der Waals surface area contributed by atoms with E-state index in [-0.39, 0.29) is 19.4 Å². The van der Waals surface area contributed by atoms with E-state index in [1.54, 1.807) is 6.08 Å². The number of carbonyl (C=O) groups is 2. The lowest BCUT2D eigenvalue weighted by molar-refractivity contribution is -0.305. The molecule has 0 spiro atoms. The Morgan fingerprint density at radius 2 is 0.750 bits per heavy atom. The average molecular weight is 1300 g/mol. The molecule has 0 aromatic rings. The summed E-state index contributed by atoms with van der Waals surface area (Å²) in [5.74, 6) is -1.18. The maximum absolute atomic E-state index is 13.5. The van der Waals surface area contributed by atoms with Gasteiger partial charge < -0.3 is 45.1 Å². The van der Waals surface area contributed by atoms with Gasteiger partial charge in [-0.3, -0.25) is 9.59 Å². The largest absolute Gasteiger partial charge is 0.454 e. The Morgan fingerprint density at radius 1 is 0.424 bits per heavy atom. The lowest BCUT2D eigenvalue weighted by Gasteiger charge is -2.41. The summed E-state index contributed by atoms with van der Waals surface area (Å²) in [7, 11) is 0. The third-order valence-corrected chi connectivity index (χ3v) is 18.6. The van der Waals surface area contributed by atoms with Crippen molar-refractivity contribution in [3.05, 3.63) is 60.8 Å². The van der Waals surface area contributed by atoms with Gasteiger partial charge in [0.2, 0.25) is 5.91 Å². The van der Waals surface area contributed by atoms with Gasteiger partial charge in [-0.05, 0) is 89.9 Å². The molecule has 1 fully saturated rings. The van der Waals surface area contributed by atoms with E-state index in [4.69, 9.17) is 14.2 Å². The third kappa shape index (κ3) is 54.5. The van der Waals surface area contributed by atoms with Gasteiger partial charge >= 0.3 is 5.97 Å². The SMILES string of the molecule is CCCCC/C=C\C/C=C\C/C=C\CCCCCCCCCCCCCC(O)C(=O)NC(COC1OC(CO)C(O)C(O)C1OC(=O)CCCCCCCCCCCCCCCCCCC/C=C/CCCCCCCC)C(O)/C=C/CCCCCCCCCCCC. The van der Waals surface area contributed by atoms with Crippen molar-refractivity contribution in [1.29, 1.82) is 0 Å².